The van der Waals surface area contributed by atoms with E-state index in [2.05, 4.69) is 19.1 Å². The van der Waals surface area contributed by atoms with Gasteiger partial charge in [0, 0.05) is 24.9 Å². The molecule has 1 aromatic rings. The van der Waals surface area contributed by atoms with Gasteiger partial charge in [-0.25, -0.2) is 4.79 Å². The summed E-state index contributed by atoms with van der Waals surface area (Å²) < 4.78 is 5.67. The molecule has 150 valence electrons. The second-order valence-corrected chi connectivity index (χ2v) is 8.53. The first kappa shape index (κ1) is 21.5. The lowest BCUT2D eigenvalue weighted by Crippen LogP contribution is -2.54. The molecular weight excluding hydrogens is 338 g/mol. The minimum Gasteiger partial charge on any atom is -0.444 e. The molecule has 0 aliphatic carbocycles. The first-order chi connectivity index (χ1) is 12.8. The Labute approximate surface area is 164 Å². The molecule has 1 aliphatic rings. The van der Waals surface area contributed by atoms with Crippen LogP contribution >= 0.6 is 0 Å². The van der Waals surface area contributed by atoms with Gasteiger partial charge in [0.1, 0.15) is 11.4 Å². The summed E-state index contributed by atoms with van der Waals surface area (Å²) in [7, 11) is 0. The van der Waals surface area contributed by atoms with E-state index in [1.165, 1.54) is 5.56 Å². The van der Waals surface area contributed by atoms with Gasteiger partial charge >= 0.3 is 6.09 Å². The van der Waals surface area contributed by atoms with Gasteiger partial charge in [-0.3, -0.25) is 4.79 Å². The Bertz CT molecular complexity index is 620. The summed E-state index contributed by atoms with van der Waals surface area (Å²) in [6, 6.07) is 10.2. The van der Waals surface area contributed by atoms with Crippen molar-refractivity contribution in [3.05, 3.63) is 35.9 Å². The Balaban J connectivity index is 2.36. The van der Waals surface area contributed by atoms with E-state index in [1.54, 1.807) is 0 Å². The smallest absolute Gasteiger partial charge is 0.410 e. The third-order valence-electron chi connectivity index (χ3n) is 5.36. The number of amides is 1. The Hall–Kier alpha value is -1.84. The molecule has 4 nitrogen and oxygen atoms in total. The first-order valence-corrected chi connectivity index (χ1v) is 10.4. The van der Waals surface area contributed by atoms with E-state index in [4.69, 9.17) is 4.74 Å². The van der Waals surface area contributed by atoms with Crippen molar-refractivity contribution in [3.63, 3.8) is 0 Å². The summed E-state index contributed by atoms with van der Waals surface area (Å²) in [5.74, 6) is 0.252. The monoisotopic (exact) mass is 373 g/mol. The molecule has 0 spiro atoms. The molecule has 1 heterocycles. The highest BCUT2D eigenvalue weighted by molar-refractivity contribution is 5.83. The standard InChI is InChI=1S/C23H35NO3/c1-6-8-14-19-21(20(25)7-2)18(17-12-10-9-11-13-17)15-16-24(19)22(26)27-23(3,4)5/h9-13,18-19,21H,6-8,14-16H2,1-5H3. The molecule has 3 unspecified atom stereocenters. The van der Waals surface area contributed by atoms with Crippen LogP contribution in [-0.4, -0.2) is 35.0 Å². The Kier molecular flexibility index (Phi) is 7.46. The molecule has 27 heavy (non-hydrogen) atoms. The van der Waals surface area contributed by atoms with Crippen molar-refractivity contribution in [2.75, 3.05) is 6.54 Å². The zero-order valence-corrected chi connectivity index (χ0v) is 17.5. The van der Waals surface area contributed by atoms with Crippen LogP contribution < -0.4 is 0 Å². The average Bonchev–Trinajstić information content (AvgIpc) is 2.64. The van der Waals surface area contributed by atoms with E-state index in [-0.39, 0.29) is 29.8 Å². The van der Waals surface area contributed by atoms with Gasteiger partial charge in [-0.1, -0.05) is 57.0 Å². The van der Waals surface area contributed by atoms with E-state index >= 15 is 0 Å². The lowest BCUT2D eigenvalue weighted by Gasteiger charge is -2.45. The third-order valence-corrected chi connectivity index (χ3v) is 5.36. The van der Waals surface area contributed by atoms with Crippen LogP contribution in [0.25, 0.3) is 0 Å². The fraction of sp³-hybridized carbons (Fsp3) is 0.652. The largest absolute Gasteiger partial charge is 0.444 e. The Morgan fingerprint density at radius 2 is 1.81 bits per heavy atom. The topological polar surface area (TPSA) is 46.6 Å². The van der Waals surface area contributed by atoms with Gasteiger partial charge in [0.25, 0.3) is 0 Å². The van der Waals surface area contributed by atoms with E-state index in [9.17, 15) is 9.59 Å². The maximum atomic E-state index is 13.0. The quantitative estimate of drug-likeness (QED) is 0.655. The molecule has 0 radical (unpaired) electrons. The molecule has 1 fully saturated rings. The predicted octanol–water partition coefficient (Wildman–Crippen LogP) is 5.57. The number of hydrogen-bond donors (Lipinski definition) is 0. The summed E-state index contributed by atoms with van der Waals surface area (Å²) >= 11 is 0. The van der Waals surface area contributed by atoms with E-state index in [0.29, 0.717) is 13.0 Å². The lowest BCUT2D eigenvalue weighted by atomic mass is 9.72. The number of benzene rings is 1. The normalized spacial score (nSPS) is 23.1. The minimum absolute atomic E-state index is 0.0915. The number of unbranched alkanes of at least 4 members (excludes halogenated alkanes) is 1. The number of Topliss-reactive ketones (excluding diaryl/α,β-unsaturated/α-hetero) is 1. The number of carbonyl (C=O) groups excluding carboxylic acids is 2. The van der Waals surface area contributed by atoms with Crippen molar-refractivity contribution in [3.8, 4) is 0 Å². The third kappa shape index (κ3) is 5.57. The second-order valence-electron chi connectivity index (χ2n) is 8.53. The summed E-state index contributed by atoms with van der Waals surface area (Å²) in [5.41, 5.74) is 0.669. The number of ketones is 1. The van der Waals surface area contributed by atoms with E-state index in [0.717, 1.165) is 25.7 Å². The van der Waals surface area contributed by atoms with Crippen molar-refractivity contribution >= 4 is 11.9 Å². The Morgan fingerprint density at radius 1 is 1.15 bits per heavy atom. The van der Waals surface area contributed by atoms with Gasteiger partial charge in [0.2, 0.25) is 0 Å². The molecule has 0 aromatic heterocycles. The molecule has 0 N–H and O–H groups in total. The second kappa shape index (κ2) is 9.38. The molecule has 0 bridgehead atoms. The molecule has 1 aromatic carbocycles. The van der Waals surface area contributed by atoms with Gasteiger partial charge in [-0.2, -0.15) is 0 Å². The van der Waals surface area contributed by atoms with Crippen molar-refractivity contribution in [2.45, 2.75) is 84.3 Å². The van der Waals surface area contributed by atoms with Crippen molar-refractivity contribution in [1.29, 1.82) is 0 Å². The molecule has 1 amide bonds. The van der Waals surface area contributed by atoms with Gasteiger partial charge < -0.3 is 9.64 Å². The molecule has 1 saturated heterocycles. The van der Waals surface area contributed by atoms with Crippen LogP contribution in [0.1, 0.15) is 78.2 Å². The summed E-state index contributed by atoms with van der Waals surface area (Å²) in [6.45, 7) is 10.4. The summed E-state index contributed by atoms with van der Waals surface area (Å²) in [4.78, 5) is 27.7. The minimum atomic E-state index is -0.535. The van der Waals surface area contributed by atoms with Crippen LogP contribution in [0.3, 0.4) is 0 Å². The highest BCUT2D eigenvalue weighted by atomic mass is 16.6. The number of hydrogen-bond acceptors (Lipinski definition) is 3. The molecule has 3 atom stereocenters. The summed E-state index contributed by atoms with van der Waals surface area (Å²) in [6.07, 6.45) is 3.89. The molecule has 1 aliphatic heterocycles. The first-order valence-electron chi connectivity index (χ1n) is 10.4. The van der Waals surface area contributed by atoms with Crippen LogP contribution in [0.2, 0.25) is 0 Å². The van der Waals surface area contributed by atoms with Crippen LogP contribution in [0.5, 0.6) is 0 Å². The highest BCUT2D eigenvalue weighted by Gasteiger charge is 2.44. The number of piperidine rings is 1. The fourth-order valence-electron chi connectivity index (χ4n) is 4.13. The number of likely N-dealkylation sites (tertiary alicyclic amines) is 1. The molecular formula is C23H35NO3. The predicted molar refractivity (Wildman–Crippen MR) is 109 cm³/mol. The van der Waals surface area contributed by atoms with E-state index in [1.807, 2.05) is 50.8 Å². The van der Waals surface area contributed by atoms with Crippen molar-refractivity contribution in [2.24, 2.45) is 5.92 Å². The summed E-state index contributed by atoms with van der Waals surface area (Å²) in [5, 5.41) is 0. The van der Waals surface area contributed by atoms with Crippen LogP contribution in [0.15, 0.2) is 30.3 Å². The molecule has 0 saturated carbocycles. The number of nitrogens with zero attached hydrogens (tertiary/aromatic N) is 1. The number of rotatable bonds is 6. The maximum absolute atomic E-state index is 13.0. The van der Waals surface area contributed by atoms with Crippen molar-refractivity contribution < 1.29 is 14.3 Å². The number of carbonyl (C=O) groups is 2. The fourth-order valence-corrected chi connectivity index (χ4v) is 4.13. The lowest BCUT2D eigenvalue weighted by molar-refractivity contribution is -0.127. The van der Waals surface area contributed by atoms with Gasteiger partial charge in [0.15, 0.2) is 0 Å². The van der Waals surface area contributed by atoms with Gasteiger partial charge in [-0.05, 0) is 45.1 Å². The van der Waals surface area contributed by atoms with E-state index < -0.39 is 5.60 Å². The van der Waals surface area contributed by atoms with Crippen LogP contribution in [0.4, 0.5) is 4.79 Å². The maximum Gasteiger partial charge on any atom is 0.410 e. The zero-order valence-electron chi connectivity index (χ0n) is 17.5. The number of ether oxygens (including phenoxy) is 1. The van der Waals surface area contributed by atoms with Gasteiger partial charge in [0.05, 0.1) is 0 Å². The van der Waals surface area contributed by atoms with Gasteiger partial charge in [-0.15, -0.1) is 0 Å². The average molecular weight is 374 g/mol. The molecule has 4 heteroatoms. The zero-order chi connectivity index (χ0) is 20.0. The van der Waals surface area contributed by atoms with Crippen LogP contribution in [-0.2, 0) is 9.53 Å². The molecule has 2 rings (SSSR count). The highest BCUT2D eigenvalue weighted by Crippen LogP contribution is 2.40. The van der Waals surface area contributed by atoms with Crippen molar-refractivity contribution in [1.82, 2.24) is 4.90 Å². The SMILES string of the molecule is CCCCC1C(C(=O)CC)C(c2ccccc2)CCN1C(=O)OC(C)(C)C. The Morgan fingerprint density at radius 3 is 2.37 bits per heavy atom. The van der Waals surface area contributed by atoms with Crippen LogP contribution in [0, 0.1) is 5.92 Å².